The monoisotopic (exact) mass is 602 g/mol. The number of morpholine rings is 1. The molecule has 45 heavy (non-hydrogen) atoms. The third kappa shape index (κ3) is 7.74. The van der Waals surface area contributed by atoms with Gasteiger partial charge in [-0.3, -0.25) is 4.79 Å². The summed E-state index contributed by atoms with van der Waals surface area (Å²) in [5.74, 6) is 1.89. The van der Waals surface area contributed by atoms with Gasteiger partial charge in [0.25, 0.3) is 5.91 Å². The van der Waals surface area contributed by atoms with Crippen molar-refractivity contribution in [1.82, 2.24) is 15.0 Å². The number of pyridine rings is 1. The molecule has 2 N–H and O–H groups in total. The van der Waals surface area contributed by atoms with E-state index in [0.29, 0.717) is 42.8 Å². The Hall–Kier alpha value is -5.02. The maximum atomic E-state index is 13.3. The van der Waals surface area contributed by atoms with Gasteiger partial charge in [-0.25, -0.2) is 15.0 Å². The molecule has 1 saturated heterocycles. The Morgan fingerprint density at radius 2 is 1.82 bits per heavy atom. The molecule has 1 amide bonds. The topological polar surface area (TPSA) is 102 Å². The van der Waals surface area contributed by atoms with Crippen molar-refractivity contribution >= 4 is 34.3 Å². The molecule has 3 aromatic carbocycles. The van der Waals surface area contributed by atoms with E-state index in [0.717, 1.165) is 65.9 Å². The number of hydrogen-bond acceptors (Lipinski definition) is 8. The van der Waals surface area contributed by atoms with Gasteiger partial charge >= 0.3 is 0 Å². The molecular weight excluding hydrogens is 564 g/mol. The molecule has 2 aromatic heterocycles. The maximum Gasteiger partial charge on any atom is 0.255 e. The van der Waals surface area contributed by atoms with Crippen molar-refractivity contribution in [3.8, 4) is 16.9 Å². The molecular formula is C36H38N6O3. The summed E-state index contributed by atoms with van der Waals surface area (Å²) in [6.45, 7) is 6.25. The summed E-state index contributed by atoms with van der Waals surface area (Å²) < 4.78 is 11.9. The van der Waals surface area contributed by atoms with Crippen LogP contribution in [-0.2, 0) is 11.3 Å². The molecule has 6 rings (SSSR count). The van der Waals surface area contributed by atoms with Crippen LogP contribution in [-0.4, -0.2) is 53.7 Å². The maximum absolute atomic E-state index is 13.3. The molecule has 0 unspecified atom stereocenters. The molecule has 3 heterocycles. The lowest BCUT2D eigenvalue weighted by molar-refractivity contribution is 0.102. The minimum atomic E-state index is -0.199. The van der Waals surface area contributed by atoms with Gasteiger partial charge in [0.05, 0.1) is 18.7 Å². The fraction of sp³-hybridized carbons (Fsp3) is 0.278. The highest BCUT2D eigenvalue weighted by Gasteiger charge is 2.16. The van der Waals surface area contributed by atoms with E-state index in [1.54, 1.807) is 12.3 Å². The molecule has 0 aliphatic carbocycles. The number of ether oxygens (including phenoxy) is 2. The van der Waals surface area contributed by atoms with Gasteiger partial charge in [-0.2, -0.15) is 0 Å². The summed E-state index contributed by atoms with van der Waals surface area (Å²) in [5, 5.41) is 7.31. The summed E-state index contributed by atoms with van der Waals surface area (Å²) in [5.41, 5.74) is 4.89. The number of amides is 1. The standard InChI is InChI=1S/C36H38N6O3/c1-2-3-7-14-38-36-39-24-29-21-31(33(23-32(29)41-36)45-25-26-9-5-4-6-10-26)27-11-8-12-30(20-27)40-35(43)28-13-15-37-34(22-28)42-16-18-44-19-17-42/h4-6,8-13,15,20-24H,2-3,7,14,16-19,25H2,1H3,(H,40,43)(H,38,39,41). The average molecular weight is 603 g/mol. The molecule has 0 spiro atoms. The van der Waals surface area contributed by atoms with Gasteiger partial charge in [0.15, 0.2) is 0 Å². The summed E-state index contributed by atoms with van der Waals surface area (Å²) in [4.78, 5) is 29.3. The highest BCUT2D eigenvalue weighted by Crippen LogP contribution is 2.36. The van der Waals surface area contributed by atoms with E-state index in [2.05, 4.69) is 38.5 Å². The van der Waals surface area contributed by atoms with Crippen LogP contribution < -0.4 is 20.3 Å². The Morgan fingerprint density at radius 1 is 0.956 bits per heavy atom. The van der Waals surface area contributed by atoms with Crippen LogP contribution in [0.1, 0.15) is 42.1 Å². The zero-order valence-electron chi connectivity index (χ0n) is 25.5. The predicted molar refractivity (Wildman–Crippen MR) is 179 cm³/mol. The smallest absolute Gasteiger partial charge is 0.255 e. The van der Waals surface area contributed by atoms with Crippen molar-refractivity contribution in [2.45, 2.75) is 32.8 Å². The van der Waals surface area contributed by atoms with Crippen LogP contribution in [0.4, 0.5) is 17.5 Å². The zero-order valence-corrected chi connectivity index (χ0v) is 25.5. The van der Waals surface area contributed by atoms with Gasteiger partial charge < -0.3 is 25.0 Å². The van der Waals surface area contributed by atoms with Gasteiger partial charge in [0, 0.05) is 60.3 Å². The van der Waals surface area contributed by atoms with E-state index in [4.69, 9.17) is 14.5 Å². The number of nitrogens with one attached hydrogen (secondary N) is 2. The van der Waals surface area contributed by atoms with Crippen molar-refractivity contribution in [3.05, 3.63) is 102 Å². The molecule has 9 nitrogen and oxygen atoms in total. The Labute approximate surface area is 263 Å². The number of anilines is 3. The minimum absolute atomic E-state index is 0.199. The van der Waals surface area contributed by atoms with E-state index >= 15 is 0 Å². The summed E-state index contributed by atoms with van der Waals surface area (Å²) in [6, 6.07) is 25.5. The molecule has 1 fully saturated rings. The minimum Gasteiger partial charge on any atom is -0.488 e. The van der Waals surface area contributed by atoms with Crippen molar-refractivity contribution in [2.75, 3.05) is 48.4 Å². The van der Waals surface area contributed by atoms with Crippen LogP contribution in [0.3, 0.4) is 0 Å². The molecule has 230 valence electrons. The van der Waals surface area contributed by atoms with Gasteiger partial charge in [-0.15, -0.1) is 0 Å². The lowest BCUT2D eigenvalue weighted by Crippen LogP contribution is -2.36. The second kappa shape index (κ2) is 14.6. The lowest BCUT2D eigenvalue weighted by Gasteiger charge is -2.27. The van der Waals surface area contributed by atoms with Gasteiger partial charge in [-0.1, -0.05) is 62.2 Å². The van der Waals surface area contributed by atoms with Crippen LogP contribution in [0, 0.1) is 0 Å². The zero-order chi connectivity index (χ0) is 30.8. The van der Waals surface area contributed by atoms with Crippen LogP contribution in [0.2, 0.25) is 0 Å². The molecule has 9 heteroatoms. The quantitative estimate of drug-likeness (QED) is 0.148. The number of carbonyl (C=O) groups excluding carboxylic acids is 1. The lowest BCUT2D eigenvalue weighted by atomic mass is 10.0. The molecule has 1 aliphatic rings. The number of nitrogens with zero attached hydrogens (tertiary/aromatic N) is 4. The molecule has 0 radical (unpaired) electrons. The van der Waals surface area contributed by atoms with Crippen molar-refractivity contribution in [3.63, 3.8) is 0 Å². The number of benzene rings is 3. The van der Waals surface area contributed by atoms with Crippen LogP contribution >= 0.6 is 0 Å². The number of rotatable bonds is 12. The Bertz CT molecular complexity index is 1740. The fourth-order valence-corrected chi connectivity index (χ4v) is 5.29. The summed E-state index contributed by atoms with van der Waals surface area (Å²) in [6.07, 6.45) is 6.92. The van der Waals surface area contributed by atoms with Crippen molar-refractivity contribution in [2.24, 2.45) is 0 Å². The first-order valence-corrected chi connectivity index (χ1v) is 15.6. The Morgan fingerprint density at radius 3 is 2.67 bits per heavy atom. The average Bonchev–Trinajstić information content (AvgIpc) is 3.10. The summed E-state index contributed by atoms with van der Waals surface area (Å²) in [7, 11) is 0. The number of unbranched alkanes of at least 4 members (excludes halogenated alkanes) is 2. The third-order valence-electron chi connectivity index (χ3n) is 7.76. The fourth-order valence-electron chi connectivity index (χ4n) is 5.29. The van der Waals surface area contributed by atoms with E-state index in [1.807, 2.05) is 72.9 Å². The third-order valence-corrected chi connectivity index (χ3v) is 7.76. The molecule has 0 atom stereocenters. The molecule has 0 saturated carbocycles. The highest BCUT2D eigenvalue weighted by atomic mass is 16.5. The van der Waals surface area contributed by atoms with Crippen LogP contribution in [0.25, 0.3) is 22.0 Å². The van der Waals surface area contributed by atoms with Gasteiger partial charge in [-0.05, 0) is 47.9 Å². The predicted octanol–water partition coefficient (Wildman–Crippen LogP) is 6.96. The van der Waals surface area contributed by atoms with E-state index in [9.17, 15) is 4.79 Å². The van der Waals surface area contributed by atoms with Crippen LogP contribution in [0.15, 0.2) is 91.3 Å². The number of hydrogen-bond donors (Lipinski definition) is 2. The number of fused-ring (bicyclic) bond motifs is 1. The van der Waals surface area contributed by atoms with Gasteiger partial charge in [0.1, 0.15) is 18.2 Å². The SMILES string of the molecule is CCCCCNc1ncc2cc(-c3cccc(NC(=O)c4ccnc(N5CCOCC5)c4)c3)c(OCc3ccccc3)cc2n1. The van der Waals surface area contributed by atoms with Gasteiger partial charge in [0.2, 0.25) is 5.95 Å². The van der Waals surface area contributed by atoms with Crippen molar-refractivity contribution in [1.29, 1.82) is 0 Å². The van der Waals surface area contributed by atoms with E-state index < -0.39 is 0 Å². The first-order chi connectivity index (χ1) is 22.2. The van der Waals surface area contributed by atoms with Crippen molar-refractivity contribution < 1.29 is 14.3 Å². The first kappa shape index (κ1) is 30.0. The molecule has 0 bridgehead atoms. The Kier molecular flexibility index (Phi) is 9.77. The van der Waals surface area contributed by atoms with E-state index in [-0.39, 0.29) is 5.91 Å². The normalized spacial score (nSPS) is 13.0. The second-order valence-corrected chi connectivity index (χ2v) is 11.0. The number of aromatic nitrogens is 3. The molecule has 5 aromatic rings. The highest BCUT2D eigenvalue weighted by molar-refractivity contribution is 6.05. The Balaban J connectivity index is 1.26. The van der Waals surface area contributed by atoms with Crippen LogP contribution in [0.5, 0.6) is 5.75 Å². The largest absolute Gasteiger partial charge is 0.488 e. The first-order valence-electron chi connectivity index (χ1n) is 15.6. The second-order valence-electron chi connectivity index (χ2n) is 11.0. The van der Waals surface area contributed by atoms with E-state index in [1.165, 1.54) is 6.42 Å². The molecule has 1 aliphatic heterocycles. The number of carbonyl (C=O) groups is 1. The summed E-state index contributed by atoms with van der Waals surface area (Å²) >= 11 is 0.